The number of aryl methyl sites for hydroxylation is 1. The SMILES string of the molecule is COc1ccc(-c2cc3nc(C)n(C(C)C)c3c(O[C@H](C)[C@H]3CNC(=O)C3)n2)cc1OC. The Hall–Kier alpha value is -3.29. The van der Waals surface area contributed by atoms with Gasteiger partial charge >= 0.3 is 0 Å². The van der Waals surface area contributed by atoms with Crippen LogP contribution in [-0.4, -0.2) is 47.3 Å². The fourth-order valence-electron chi connectivity index (χ4n) is 4.29. The van der Waals surface area contributed by atoms with Gasteiger partial charge in [-0.15, -0.1) is 0 Å². The lowest BCUT2D eigenvalue weighted by Crippen LogP contribution is -2.26. The lowest BCUT2D eigenvalue weighted by atomic mass is 10.0. The van der Waals surface area contributed by atoms with Crippen molar-refractivity contribution in [2.45, 2.75) is 46.3 Å². The van der Waals surface area contributed by atoms with E-state index in [2.05, 4.69) is 23.7 Å². The number of hydrogen-bond acceptors (Lipinski definition) is 6. The second-order valence-electron chi connectivity index (χ2n) is 8.46. The largest absolute Gasteiger partial charge is 0.493 e. The Morgan fingerprint density at radius 3 is 2.47 bits per heavy atom. The van der Waals surface area contributed by atoms with Crippen LogP contribution >= 0.6 is 0 Å². The highest BCUT2D eigenvalue weighted by Crippen LogP contribution is 2.36. The number of ether oxygens (including phenoxy) is 3. The molecule has 8 heteroatoms. The first-order valence-corrected chi connectivity index (χ1v) is 10.9. The maximum absolute atomic E-state index is 11.7. The van der Waals surface area contributed by atoms with Crippen LogP contribution in [0.4, 0.5) is 0 Å². The average Bonchev–Trinajstić information content (AvgIpc) is 3.35. The molecule has 0 radical (unpaired) electrons. The standard InChI is InChI=1S/C24H30N4O4/c1-13(2)28-15(4)26-19-11-18(16-7-8-20(30-5)21(9-16)31-6)27-24(23(19)28)32-14(3)17-10-22(29)25-12-17/h7-9,11,13-14,17H,10,12H2,1-6H3,(H,25,29)/t14-,17-/m1/s1. The molecule has 1 aliphatic heterocycles. The third kappa shape index (κ3) is 3.97. The zero-order valence-electron chi connectivity index (χ0n) is 19.4. The van der Waals surface area contributed by atoms with Crippen LogP contribution in [0, 0.1) is 12.8 Å². The number of fused-ring (bicyclic) bond motifs is 1. The number of aromatic nitrogens is 3. The number of nitrogens with one attached hydrogen (secondary N) is 1. The van der Waals surface area contributed by atoms with E-state index < -0.39 is 0 Å². The van der Waals surface area contributed by atoms with Crippen molar-refractivity contribution < 1.29 is 19.0 Å². The van der Waals surface area contributed by atoms with Gasteiger partial charge in [0.1, 0.15) is 17.4 Å². The lowest BCUT2D eigenvalue weighted by molar-refractivity contribution is -0.119. The minimum Gasteiger partial charge on any atom is -0.493 e. The summed E-state index contributed by atoms with van der Waals surface area (Å²) in [5, 5.41) is 2.89. The number of hydrogen-bond donors (Lipinski definition) is 1. The first-order valence-electron chi connectivity index (χ1n) is 10.9. The second-order valence-corrected chi connectivity index (χ2v) is 8.46. The second kappa shape index (κ2) is 8.68. The highest BCUT2D eigenvalue weighted by atomic mass is 16.5. The number of imidazole rings is 1. The monoisotopic (exact) mass is 438 g/mol. The summed E-state index contributed by atoms with van der Waals surface area (Å²) in [6.45, 7) is 8.82. The van der Waals surface area contributed by atoms with E-state index in [9.17, 15) is 4.79 Å². The molecule has 1 aliphatic rings. The number of rotatable bonds is 7. The normalized spacial score (nSPS) is 17.0. The summed E-state index contributed by atoms with van der Waals surface area (Å²) in [5.41, 5.74) is 3.29. The van der Waals surface area contributed by atoms with Crippen LogP contribution in [0.25, 0.3) is 22.3 Å². The van der Waals surface area contributed by atoms with E-state index in [4.69, 9.17) is 24.2 Å². The maximum atomic E-state index is 11.7. The molecule has 3 aromatic rings. The molecule has 32 heavy (non-hydrogen) atoms. The first kappa shape index (κ1) is 21.9. The minimum atomic E-state index is -0.180. The molecule has 0 bridgehead atoms. The van der Waals surface area contributed by atoms with Crippen molar-refractivity contribution >= 4 is 16.9 Å². The van der Waals surface area contributed by atoms with E-state index in [1.807, 2.05) is 38.1 Å². The van der Waals surface area contributed by atoms with Crippen molar-refractivity contribution in [3.8, 4) is 28.6 Å². The van der Waals surface area contributed by atoms with Gasteiger partial charge in [0, 0.05) is 30.5 Å². The Balaban J connectivity index is 1.83. The zero-order valence-corrected chi connectivity index (χ0v) is 19.4. The van der Waals surface area contributed by atoms with Crippen LogP contribution < -0.4 is 19.5 Å². The van der Waals surface area contributed by atoms with Gasteiger partial charge in [0.15, 0.2) is 11.5 Å². The van der Waals surface area contributed by atoms with Crippen molar-refractivity contribution in [2.75, 3.05) is 20.8 Å². The number of carbonyl (C=O) groups excluding carboxylic acids is 1. The van der Waals surface area contributed by atoms with Gasteiger partial charge < -0.3 is 24.1 Å². The molecular weight excluding hydrogens is 408 g/mol. The third-order valence-corrected chi connectivity index (χ3v) is 5.98. The van der Waals surface area contributed by atoms with E-state index >= 15 is 0 Å². The number of methoxy groups -OCH3 is 2. The maximum Gasteiger partial charge on any atom is 0.241 e. The van der Waals surface area contributed by atoms with Gasteiger partial charge in [-0.3, -0.25) is 4.79 Å². The number of benzene rings is 1. The topological polar surface area (TPSA) is 87.5 Å². The quantitative estimate of drug-likeness (QED) is 0.602. The van der Waals surface area contributed by atoms with E-state index in [0.717, 1.165) is 28.1 Å². The average molecular weight is 439 g/mol. The van der Waals surface area contributed by atoms with Crippen LogP contribution in [0.3, 0.4) is 0 Å². The molecule has 0 aliphatic carbocycles. The zero-order chi connectivity index (χ0) is 23.0. The molecule has 4 rings (SSSR count). The van der Waals surface area contributed by atoms with Gasteiger partial charge in [0.25, 0.3) is 0 Å². The molecule has 0 spiro atoms. The Morgan fingerprint density at radius 2 is 1.84 bits per heavy atom. The summed E-state index contributed by atoms with van der Waals surface area (Å²) < 4.78 is 19.4. The third-order valence-electron chi connectivity index (χ3n) is 5.98. The van der Waals surface area contributed by atoms with Crippen LogP contribution in [0.5, 0.6) is 17.4 Å². The van der Waals surface area contributed by atoms with Gasteiger partial charge in [0.05, 0.1) is 25.4 Å². The minimum absolute atomic E-state index is 0.0608. The molecular formula is C24H30N4O4. The predicted octanol–water partition coefficient (Wildman–Crippen LogP) is 3.91. The Morgan fingerprint density at radius 1 is 1.09 bits per heavy atom. The molecule has 3 heterocycles. The summed E-state index contributed by atoms with van der Waals surface area (Å²) in [6, 6.07) is 7.86. The smallest absolute Gasteiger partial charge is 0.241 e. The number of nitrogens with zero attached hydrogens (tertiary/aromatic N) is 3. The Bertz CT molecular complexity index is 1150. The Labute approximate surface area is 187 Å². The predicted molar refractivity (Wildman–Crippen MR) is 122 cm³/mol. The fourth-order valence-corrected chi connectivity index (χ4v) is 4.29. The molecule has 8 nitrogen and oxygen atoms in total. The van der Waals surface area contributed by atoms with Crippen molar-refractivity contribution in [3.05, 3.63) is 30.1 Å². The molecule has 0 saturated carbocycles. The summed E-state index contributed by atoms with van der Waals surface area (Å²) in [4.78, 5) is 21.4. The highest BCUT2D eigenvalue weighted by molar-refractivity contribution is 5.85. The van der Waals surface area contributed by atoms with Gasteiger partial charge in [-0.1, -0.05) is 0 Å². The molecule has 1 aromatic carbocycles. The van der Waals surface area contributed by atoms with Crippen molar-refractivity contribution in [1.29, 1.82) is 0 Å². The molecule has 0 unspecified atom stereocenters. The van der Waals surface area contributed by atoms with Crippen LogP contribution in [0.2, 0.25) is 0 Å². The number of amides is 1. The molecule has 170 valence electrons. The van der Waals surface area contributed by atoms with E-state index in [1.165, 1.54) is 0 Å². The fraction of sp³-hybridized carbons (Fsp3) is 0.458. The van der Waals surface area contributed by atoms with Crippen LogP contribution in [0.15, 0.2) is 24.3 Å². The van der Waals surface area contributed by atoms with E-state index in [1.54, 1.807) is 14.2 Å². The lowest BCUT2D eigenvalue weighted by Gasteiger charge is -2.21. The molecule has 1 saturated heterocycles. The van der Waals surface area contributed by atoms with E-state index in [-0.39, 0.29) is 24.0 Å². The molecule has 2 atom stereocenters. The summed E-state index contributed by atoms with van der Waals surface area (Å²) >= 11 is 0. The first-order chi connectivity index (χ1) is 15.3. The summed E-state index contributed by atoms with van der Waals surface area (Å²) in [6.07, 6.45) is 0.281. The number of pyridine rings is 1. The molecule has 1 fully saturated rings. The van der Waals surface area contributed by atoms with Crippen molar-refractivity contribution in [3.63, 3.8) is 0 Å². The van der Waals surface area contributed by atoms with Crippen LogP contribution in [0.1, 0.15) is 39.1 Å². The Kier molecular flexibility index (Phi) is 5.95. The van der Waals surface area contributed by atoms with Gasteiger partial charge in [-0.25, -0.2) is 9.97 Å². The number of carbonyl (C=O) groups is 1. The molecule has 1 N–H and O–H groups in total. The molecule has 2 aromatic heterocycles. The highest BCUT2D eigenvalue weighted by Gasteiger charge is 2.29. The van der Waals surface area contributed by atoms with Gasteiger partial charge in [-0.2, -0.15) is 0 Å². The molecule has 1 amide bonds. The van der Waals surface area contributed by atoms with Gasteiger partial charge in [0.2, 0.25) is 11.8 Å². The summed E-state index contributed by atoms with van der Waals surface area (Å²) in [7, 11) is 3.22. The van der Waals surface area contributed by atoms with Crippen molar-refractivity contribution in [2.24, 2.45) is 5.92 Å². The van der Waals surface area contributed by atoms with E-state index in [0.29, 0.717) is 30.3 Å². The summed E-state index contributed by atoms with van der Waals surface area (Å²) in [5.74, 6) is 2.86. The van der Waals surface area contributed by atoms with Crippen LogP contribution in [-0.2, 0) is 4.79 Å². The van der Waals surface area contributed by atoms with Crippen molar-refractivity contribution in [1.82, 2.24) is 19.9 Å². The van der Waals surface area contributed by atoms with Gasteiger partial charge in [-0.05, 0) is 52.0 Å².